The molecule has 4 N–H and O–H groups in total. The number of amides is 1. The molecule has 6 heteroatoms. The van der Waals surface area contributed by atoms with E-state index < -0.39 is 0 Å². The molecule has 0 aliphatic heterocycles. The molecule has 0 spiro atoms. The van der Waals surface area contributed by atoms with E-state index in [2.05, 4.69) is 15.5 Å². The first-order chi connectivity index (χ1) is 8.20. The molecule has 0 saturated heterocycles. The van der Waals surface area contributed by atoms with Crippen LogP contribution in [0.1, 0.15) is 16.1 Å². The quantitative estimate of drug-likeness (QED) is 0.714. The standard InChI is InChI=1S/C11H9N5O/c12-5-7-1-3-8(4-2-7)15-11(17)10-9(13)6-14-16-10/h1-4,6H,13H2,(H,14,16)(H,15,17). The van der Waals surface area contributed by atoms with Gasteiger partial charge in [-0.2, -0.15) is 10.4 Å². The first-order valence-electron chi connectivity index (χ1n) is 4.81. The number of carbonyl (C=O) groups excluding carboxylic acids is 1. The van der Waals surface area contributed by atoms with Gasteiger partial charge in [0.05, 0.1) is 23.5 Å². The molecule has 2 aromatic rings. The maximum Gasteiger partial charge on any atom is 0.275 e. The lowest BCUT2D eigenvalue weighted by molar-refractivity contribution is 0.102. The summed E-state index contributed by atoms with van der Waals surface area (Å²) < 4.78 is 0. The van der Waals surface area contributed by atoms with E-state index in [-0.39, 0.29) is 17.3 Å². The molecule has 17 heavy (non-hydrogen) atoms. The molecule has 0 bridgehead atoms. The van der Waals surface area contributed by atoms with Gasteiger partial charge in [-0.3, -0.25) is 9.89 Å². The number of aromatic amines is 1. The van der Waals surface area contributed by atoms with Gasteiger partial charge in [-0.1, -0.05) is 0 Å². The van der Waals surface area contributed by atoms with Gasteiger partial charge in [-0.15, -0.1) is 0 Å². The number of nitrogen functional groups attached to an aromatic ring is 1. The van der Waals surface area contributed by atoms with Crippen LogP contribution in [0.5, 0.6) is 0 Å². The van der Waals surface area contributed by atoms with Crippen molar-refractivity contribution in [3.63, 3.8) is 0 Å². The van der Waals surface area contributed by atoms with E-state index in [0.29, 0.717) is 11.3 Å². The molecular formula is C11H9N5O. The largest absolute Gasteiger partial charge is 0.396 e. The number of hydrogen-bond donors (Lipinski definition) is 3. The zero-order chi connectivity index (χ0) is 12.3. The van der Waals surface area contributed by atoms with Crippen LogP contribution in [-0.4, -0.2) is 16.1 Å². The fourth-order valence-corrected chi connectivity index (χ4v) is 1.30. The third kappa shape index (κ3) is 2.23. The van der Waals surface area contributed by atoms with Crippen LogP contribution in [0.2, 0.25) is 0 Å². The first kappa shape index (κ1) is 10.7. The van der Waals surface area contributed by atoms with Gasteiger partial charge in [0, 0.05) is 5.69 Å². The van der Waals surface area contributed by atoms with Gasteiger partial charge in [0.1, 0.15) is 5.69 Å². The number of carbonyl (C=O) groups is 1. The highest BCUT2D eigenvalue weighted by Gasteiger charge is 2.11. The van der Waals surface area contributed by atoms with Gasteiger partial charge in [0.15, 0.2) is 0 Å². The molecule has 1 amide bonds. The summed E-state index contributed by atoms with van der Waals surface area (Å²) in [6.07, 6.45) is 1.37. The Morgan fingerprint density at radius 3 is 2.65 bits per heavy atom. The highest BCUT2D eigenvalue weighted by Crippen LogP contribution is 2.12. The molecule has 0 aliphatic rings. The van der Waals surface area contributed by atoms with Gasteiger partial charge in [0.2, 0.25) is 0 Å². The Labute approximate surface area is 97.1 Å². The van der Waals surface area contributed by atoms with Gasteiger partial charge in [-0.25, -0.2) is 0 Å². The minimum atomic E-state index is -0.371. The Morgan fingerprint density at radius 2 is 2.12 bits per heavy atom. The van der Waals surface area contributed by atoms with Crippen molar-refractivity contribution >= 4 is 17.3 Å². The average molecular weight is 227 g/mol. The van der Waals surface area contributed by atoms with Crippen LogP contribution in [-0.2, 0) is 0 Å². The van der Waals surface area contributed by atoms with Crippen molar-refractivity contribution < 1.29 is 4.79 Å². The van der Waals surface area contributed by atoms with Crippen LogP contribution in [0.4, 0.5) is 11.4 Å². The van der Waals surface area contributed by atoms with Crippen molar-refractivity contribution in [1.82, 2.24) is 10.2 Å². The third-order valence-corrected chi connectivity index (χ3v) is 2.17. The second-order valence-corrected chi connectivity index (χ2v) is 3.34. The van der Waals surface area contributed by atoms with Crippen LogP contribution >= 0.6 is 0 Å². The van der Waals surface area contributed by atoms with Crippen LogP contribution in [0.25, 0.3) is 0 Å². The summed E-state index contributed by atoms with van der Waals surface area (Å²) >= 11 is 0. The lowest BCUT2D eigenvalue weighted by Crippen LogP contribution is -2.14. The number of aromatic nitrogens is 2. The van der Waals surface area contributed by atoms with Crippen LogP contribution in [0.3, 0.4) is 0 Å². The molecule has 0 atom stereocenters. The van der Waals surface area contributed by atoms with Gasteiger partial charge in [-0.05, 0) is 24.3 Å². The summed E-state index contributed by atoms with van der Waals surface area (Å²) in [7, 11) is 0. The van der Waals surface area contributed by atoms with E-state index in [0.717, 1.165) is 0 Å². The molecule has 1 heterocycles. The number of hydrogen-bond acceptors (Lipinski definition) is 4. The van der Waals surface area contributed by atoms with E-state index >= 15 is 0 Å². The van der Waals surface area contributed by atoms with Crippen molar-refractivity contribution in [2.24, 2.45) is 0 Å². The Balaban J connectivity index is 2.14. The van der Waals surface area contributed by atoms with Crippen LogP contribution in [0, 0.1) is 11.3 Å². The highest BCUT2D eigenvalue weighted by atomic mass is 16.1. The lowest BCUT2D eigenvalue weighted by Gasteiger charge is -2.03. The Hall–Kier alpha value is -2.81. The molecule has 0 radical (unpaired) electrons. The summed E-state index contributed by atoms with van der Waals surface area (Å²) in [6, 6.07) is 8.51. The van der Waals surface area contributed by atoms with Crippen LogP contribution < -0.4 is 11.1 Å². The molecule has 0 saturated carbocycles. The molecule has 1 aromatic carbocycles. The zero-order valence-corrected chi connectivity index (χ0v) is 8.77. The summed E-state index contributed by atoms with van der Waals surface area (Å²) in [4.78, 5) is 11.7. The molecule has 0 aliphatic carbocycles. The van der Waals surface area contributed by atoms with E-state index in [1.807, 2.05) is 6.07 Å². The molecule has 2 rings (SSSR count). The maximum absolute atomic E-state index is 11.7. The average Bonchev–Trinajstić information content (AvgIpc) is 2.76. The van der Waals surface area contributed by atoms with E-state index in [9.17, 15) is 4.79 Å². The van der Waals surface area contributed by atoms with Crippen molar-refractivity contribution in [3.05, 3.63) is 41.7 Å². The predicted molar refractivity (Wildman–Crippen MR) is 62.1 cm³/mol. The van der Waals surface area contributed by atoms with E-state index in [4.69, 9.17) is 11.0 Å². The molecule has 1 aromatic heterocycles. The number of benzene rings is 1. The van der Waals surface area contributed by atoms with Crippen molar-refractivity contribution in [2.75, 3.05) is 11.1 Å². The predicted octanol–water partition coefficient (Wildman–Crippen LogP) is 1.12. The monoisotopic (exact) mass is 227 g/mol. The van der Waals surface area contributed by atoms with Gasteiger partial charge in [0.25, 0.3) is 5.91 Å². The van der Waals surface area contributed by atoms with E-state index in [1.165, 1.54) is 6.20 Å². The minimum absolute atomic E-state index is 0.217. The fourth-order valence-electron chi connectivity index (χ4n) is 1.30. The Kier molecular flexibility index (Phi) is 2.75. The third-order valence-electron chi connectivity index (χ3n) is 2.17. The van der Waals surface area contributed by atoms with Crippen molar-refractivity contribution in [2.45, 2.75) is 0 Å². The smallest absolute Gasteiger partial charge is 0.275 e. The van der Waals surface area contributed by atoms with Gasteiger partial charge >= 0.3 is 0 Å². The summed E-state index contributed by atoms with van der Waals surface area (Å²) in [5.74, 6) is -0.371. The first-order valence-corrected chi connectivity index (χ1v) is 4.81. The van der Waals surface area contributed by atoms with Gasteiger partial charge < -0.3 is 11.1 Å². The number of H-pyrrole nitrogens is 1. The zero-order valence-electron chi connectivity index (χ0n) is 8.77. The topological polar surface area (TPSA) is 108 Å². The minimum Gasteiger partial charge on any atom is -0.396 e. The SMILES string of the molecule is N#Cc1ccc(NC(=O)c2[nH]ncc2N)cc1. The van der Waals surface area contributed by atoms with E-state index in [1.54, 1.807) is 24.3 Å². The second-order valence-electron chi connectivity index (χ2n) is 3.34. The number of anilines is 2. The molecule has 0 unspecified atom stereocenters. The molecule has 84 valence electrons. The van der Waals surface area contributed by atoms with Crippen molar-refractivity contribution in [3.8, 4) is 6.07 Å². The van der Waals surface area contributed by atoms with Crippen LogP contribution in [0.15, 0.2) is 30.5 Å². The number of rotatable bonds is 2. The number of nitriles is 1. The number of nitrogens with zero attached hydrogens (tertiary/aromatic N) is 2. The Morgan fingerprint density at radius 1 is 1.41 bits per heavy atom. The summed E-state index contributed by atoms with van der Waals surface area (Å²) in [6.45, 7) is 0. The normalized spacial score (nSPS) is 9.59. The summed E-state index contributed by atoms with van der Waals surface area (Å²) in [5.41, 5.74) is 7.17. The molecular weight excluding hydrogens is 218 g/mol. The number of nitrogens with one attached hydrogen (secondary N) is 2. The van der Waals surface area contributed by atoms with Crippen molar-refractivity contribution in [1.29, 1.82) is 5.26 Å². The fraction of sp³-hybridized carbons (Fsp3) is 0. The highest BCUT2D eigenvalue weighted by molar-refractivity contribution is 6.06. The second kappa shape index (κ2) is 4.37. The molecule has 0 fully saturated rings. The lowest BCUT2D eigenvalue weighted by atomic mass is 10.2. The maximum atomic E-state index is 11.7. The summed E-state index contributed by atoms with van der Waals surface area (Å²) in [5, 5.41) is 17.4. The molecule has 6 nitrogen and oxygen atoms in total. The number of nitrogens with two attached hydrogens (primary N) is 1. The Bertz CT molecular complexity index is 579.